The summed E-state index contributed by atoms with van der Waals surface area (Å²) < 4.78 is 0. The summed E-state index contributed by atoms with van der Waals surface area (Å²) in [7, 11) is 0. The van der Waals surface area contributed by atoms with Crippen LogP contribution in [0.4, 0.5) is 4.79 Å². The lowest BCUT2D eigenvalue weighted by Crippen LogP contribution is -2.45. The molecule has 4 N–H and O–H groups in total. The van der Waals surface area contributed by atoms with Gasteiger partial charge in [-0.1, -0.05) is 0 Å². The molecule has 0 heterocycles. The number of carbonyl (C=O) groups is 3. The molecule has 0 spiro atoms. The van der Waals surface area contributed by atoms with Crippen LogP contribution in [-0.2, 0) is 9.59 Å². The summed E-state index contributed by atoms with van der Waals surface area (Å²) in [5.74, 6) is -1.45. The highest BCUT2D eigenvalue weighted by Crippen LogP contribution is 1.96. The van der Waals surface area contributed by atoms with E-state index in [2.05, 4.69) is 5.32 Å². The summed E-state index contributed by atoms with van der Waals surface area (Å²) >= 11 is 0. The highest BCUT2D eigenvalue weighted by Gasteiger charge is 2.15. The van der Waals surface area contributed by atoms with Crippen molar-refractivity contribution in [1.82, 2.24) is 10.2 Å². The van der Waals surface area contributed by atoms with Crippen LogP contribution in [0, 0.1) is 0 Å². The van der Waals surface area contributed by atoms with E-state index in [-0.39, 0.29) is 31.5 Å². The Kier molecular flexibility index (Phi) is 6.69. The van der Waals surface area contributed by atoms with Crippen molar-refractivity contribution in [2.45, 2.75) is 32.7 Å². The average Bonchev–Trinajstić information content (AvgIpc) is 2.16. The van der Waals surface area contributed by atoms with Crippen LogP contribution in [-0.4, -0.2) is 47.0 Å². The minimum absolute atomic E-state index is 0.0578. The lowest BCUT2D eigenvalue weighted by atomic mass is 10.2. The van der Waals surface area contributed by atoms with Crippen molar-refractivity contribution in [3.63, 3.8) is 0 Å². The Bertz CT molecular complexity index is 293. The standard InChI is InChI=1S/C10H19N3O4/c1-3-13(5-4-9(15)16)10(17)12-7(2)6-8(11)14/h7H,3-6H2,1-2H3,(H2,11,14)(H,12,17)(H,15,16). The number of rotatable bonds is 7. The summed E-state index contributed by atoms with van der Waals surface area (Å²) in [4.78, 5) is 34.0. The maximum Gasteiger partial charge on any atom is 0.317 e. The monoisotopic (exact) mass is 245 g/mol. The molecule has 0 radical (unpaired) electrons. The molecule has 0 saturated heterocycles. The van der Waals surface area contributed by atoms with Crippen molar-refractivity contribution >= 4 is 17.9 Å². The van der Waals surface area contributed by atoms with Gasteiger partial charge in [0.25, 0.3) is 0 Å². The van der Waals surface area contributed by atoms with E-state index in [0.29, 0.717) is 6.54 Å². The van der Waals surface area contributed by atoms with E-state index in [4.69, 9.17) is 10.8 Å². The maximum absolute atomic E-state index is 11.6. The topological polar surface area (TPSA) is 113 Å². The zero-order valence-corrected chi connectivity index (χ0v) is 10.1. The third-order valence-corrected chi connectivity index (χ3v) is 2.14. The van der Waals surface area contributed by atoms with Gasteiger partial charge in [0.05, 0.1) is 6.42 Å². The Morgan fingerprint density at radius 1 is 1.41 bits per heavy atom. The third kappa shape index (κ3) is 7.15. The molecule has 0 aliphatic rings. The largest absolute Gasteiger partial charge is 0.481 e. The molecule has 0 rings (SSSR count). The van der Waals surface area contributed by atoms with Gasteiger partial charge in [0.15, 0.2) is 0 Å². The third-order valence-electron chi connectivity index (χ3n) is 2.14. The van der Waals surface area contributed by atoms with Gasteiger partial charge in [-0.2, -0.15) is 0 Å². The quantitative estimate of drug-likeness (QED) is 0.574. The predicted octanol–water partition coefficient (Wildman–Crippen LogP) is -0.243. The van der Waals surface area contributed by atoms with Gasteiger partial charge in [-0.25, -0.2) is 4.79 Å². The van der Waals surface area contributed by atoms with Gasteiger partial charge >= 0.3 is 12.0 Å². The molecular formula is C10H19N3O4. The number of carboxylic acid groups (broad SMARTS) is 1. The van der Waals surface area contributed by atoms with Crippen LogP contribution in [0.1, 0.15) is 26.7 Å². The van der Waals surface area contributed by atoms with Crippen molar-refractivity contribution in [2.24, 2.45) is 5.73 Å². The molecular weight excluding hydrogens is 226 g/mol. The predicted molar refractivity (Wildman–Crippen MR) is 61.3 cm³/mol. The highest BCUT2D eigenvalue weighted by atomic mass is 16.4. The summed E-state index contributed by atoms with van der Waals surface area (Å²) in [5, 5.41) is 11.1. The molecule has 1 unspecified atom stereocenters. The first-order valence-electron chi connectivity index (χ1n) is 5.42. The molecule has 17 heavy (non-hydrogen) atoms. The zero-order valence-electron chi connectivity index (χ0n) is 10.1. The lowest BCUT2D eigenvalue weighted by molar-refractivity contribution is -0.137. The second-order valence-corrected chi connectivity index (χ2v) is 3.74. The minimum Gasteiger partial charge on any atom is -0.481 e. The van der Waals surface area contributed by atoms with Gasteiger partial charge in [-0.15, -0.1) is 0 Å². The van der Waals surface area contributed by atoms with E-state index in [9.17, 15) is 14.4 Å². The van der Waals surface area contributed by atoms with Crippen molar-refractivity contribution in [2.75, 3.05) is 13.1 Å². The fourth-order valence-electron chi connectivity index (χ4n) is 1.29. The number of hydrogen-bond donors (Lipinski definition) is 3. The van der Waals surface area contributed by atoms with Gasteiger partial charge in [-0.05, 0) is 13.8 Å². The second kappa shape index (κ2) is 7.48. The number of primary amides is 1. The zero-order chi connectivity index (χ0) is 13.4. The smallest absolute Gasteiger partial charge is 0.317 e. The Labute approximate surface area is 100.0 Å². The molecule has 0 aliphatic heterocycles. The molecule has 3 amide bonds. The van der Waals surface area contributed by atoms with E-state index in [1.807, 2.05) is 0 Å². The lowest BCUT2D eigenvalue weighted by Gasteiger charge is -2.22. The SMILES string of the molecule is CCN(CCC(=O)O)C(=O)NC(C)CC(N)=O. The number of aliphatic carboxylic acids is 1. The van der Waals surface area contributed by atoms with Gasteiger partial charge < -0.3 is 21.1 Å². The first-order chi connectivity index (χ1) is 7.86. The number of nitrogens with two attached hydrogens (primary N) is 1. The van der Waals surface area contributed by atoms with Crippen molar-refractivity contribution in [3.8, 4) is 0 Å². The van der Waals surface area contributed by atoms with E-state index in [1.165, 1.54) is 4.90 Å². The number of carboxylic acids is 1. The van der Waals surface area contributed by atoms with Crippen LogP contribution >= 0.6 is 0 Å². The van der Waals surface area contributed by atoms with Gasteiger partial charge in [0.1, 0.15) is 0 Å². The van der Waals surface area contributed by atoms with Crippen molar-refractivity contribution < 1.29 is 19.5 Å². The first kappa shape index (κ1) is 15.2. The Morgan fingerprint density at radius 3 is 2.41 bits per heavy atom. The first-order valence-corrected chi connectivity index (χ1v) is 5.42. The fraction of sp³-hybridized carbons (Fsp3) is 0.700. The second-order valence-electron chi connectivity index (χ2n) is 3.74. The Morgan fingerprint density at radius 2 is 2.00 bits per heavy atom. The van der Waals surface area contributed by atoms with Crippen LogP contribution in [0.5, 0.6) is 0 Å². The number of hydrogen-bond acceptors (Lipinski definition) is 3. The summed E-state index contributed by atoms with van der Waals surface area (Å²) in [6.45, 7) is 3.96. The minimum atomic E-state index is -0.957. The number of nitrogens with zero attached hydrogens (tertiary/aromatic N) is 1. The number of urea groups is 1. The van der Waals surface area contributed by atoms with Crippen molar-refractivity contribution in [3.05, 3.63) is 0 Å². The van der Waals surface area contributed by atoms with E-state index >= 15 is 0 Å². The van der Waals surface area contributed by atoms with E-state index in [0.717, 1.165) is 0 Å². The molecule has 1 atom stereocenters. The van der Waals surface area contributed by atoms with Crippen LogP contribution in [0.25, 0.3) is 0 Å². The van der Waals surface area contributed by atoms with Crippen LogP contribution in [0.2, 0.25) is 0 Å². The molecule has 0 aliphatic carbocycles. The fourth-order valence-corrected chi connectivity index (χ4v) is 1.29. The molecule has 0 fully saturated rings. The van der Waals surface area contributed by atoms with E-state index in [1.54, 1.807) is 13.8 Å². The molecule has 0 saturated carbocycles. The molecule has 0 bridgehead atoms. The Hall–Kier alpha value is -1.79. The maximum atomic E-state index is 11.6. The molecule has 7 nitrogen and oxygen atoms in total. The van der Waals surface area contributed by atoms with Crippen LogP contribution < -0.4 is 11.1 Å². The van der Waals surface area contributed by atoms with Crippen molar-refractivity contribution in [1.29, 1.82) is 0 Å². The number of amides is 3. The summed E-state index contributed by atoms with van der Waals surface area (Å²) in [6.07, 6.45) is -0.0479. The van der Waals surface area contributed by atoms with Gasteiger partial charge in [-0.3, -0.25) is 9.59 Å². The Balaban J connectivity index is 4.15. The summed E-state index contributed by atoms with van der Waals surface area (Å²) in [6, 6.07) is -0.749. The molecule has 98 valence electrons. The number of nitrogens with one attached hydrogen (secondary N) is 1. The van der Waals surface area contributed by atoms with Crippen LogP contribution in [0.3, 0.4) is 0 Å². The average molecular weight is 245 g/mol. The molecule has 0 aromatic rings. The molecule has 0 aromatic carbocycles. The normalized spacial score (nSPS) is 11.6. The highest BCUT2D eigenvalue weighted by molar-refractivity contribution is 5.78. The summed E-state index contributed by atoms with van der Waals surface area (Å²) in [5.41, 5.74) is 4.99. The molecule has 7 heteroatoms. The van der Waals surface area contributed by atoms with Crippen LogP contribution in [0.15, 0.2) is 0 Å². The number of carbonyl (C=O) groups excluding carboxylic acids is 2. The molecule has 0 aromatic heterocycles. The van der Waals surface area contributed by atoms with Gasteiger partial charge in [0, 0.05) is 25.6 Å². The van der Waals surface area contributed by atoms with Gasteiger partial charge in [0.2, 0.25) is 5.91 Å². The van der Waals surface area contributed by atoms with E-state index < -0.39 is 11.9 Å².